The first-order chi connectivity index (χ1) is 6.07. The molecule has 0 heterocycles. The van der Waals surface area contributed by atoms with Crippen LogP contribution in [0.3, 0.4) is 0 Å². The van der Waals surface area contributed by atoms with Crippen molar-refractivity contribution in [2.45, 2.75) is 58.2 Å². The first-order valence-electron chi connectivity index (χ1n) is 5.09. The first kappa shape index (κ1) is 12.7. The van der Waals surface area contributed by atoms with Gasteiger partial charge in [0.25, 0.3) is 0 Å². The Morgan fingerprint density at radius 2 is 1.92 bits per heavy atom. The van der Waals surface area contributed by atoms with E-state index in [0.29, 0.717) is 6.42 Å². The second-order valence-corrected chi connectivity index (χ2v) is 3.75. The first-order valence-corrected chi connectivity index (χ1v) is 5.09. The van der Waals surface area contributed by atoms with Crippen molar-refractivity contribution >= 4 is 0 Å². The summed E-state index contributed by atoms with van der Waals surface area (Å²) >= 11 is 0. The quantitative estimate of drug-likeness (QED) is 0.473. The third-order valence-corrected chi connectivity index (χ3v) is 2.21. The van der Waals surface area contributed by atoms with Crippen LogP contribution in [0, 0.1) is 0 Å². The summed E-state index contributed by atoms with van der Waals surface area (Å²) in [5.41, 5.74) is 0.731. The molecule has 0 radical (unpaired) electrons. The van der Waals surface area contributed by atoms with Gasteiger partial charge in [-0.1, -0.05) is 38.3 Å². The zero-order valence-electron chi connectivity index (χ0n) is 8.79. The van der Waals surface area contributed by atoms with Crippen molar-refractivity contribution in [3.05, 3.63) is 12.2 Å². The number of hydrogen-bond donors (Lipinski definition) is 2. The molecule has 0 aliphatic rings. The highest BCUT2D eigenvalue weighted by Gasteiger charge is 2.11. The average Bonchev–Trinajstić information content (AvgIpc) is 2.04. The molecule has 2 heteroatoms. The molecule has 0 saturated carbocycles. The van der Waals surface area contributed by atoms with Crippen LogP contribution in [0.5, 0.6) is 0 Å². The third kappa shape index (κ3) is 6.79. The Morgan fingerprint density at radius 3 is 2.38 bits per heavy atom. The van der Waals surface area contributed by atoms with E-state index in [0.717, 1.165) is 31.3 Å². The summed E-state index contributed by atoms with van der Waals surface area (Å²) in [6, 6.07) is 0. The molecule has 0 amide bonds. The summed E-state index contributed by atoms with van der Waals surface area (Å²) in [6.07, 6.45) is 3.66. The van der Waals surface area contributed by atoms with Crippen molar-refractivity contribution in [3.8, 4) is 0 Å². The van der Waals surface area contributed by atoms with Crippen molar-refractivity contribution in [3.63, 3.8) is 0 Å². The third-order valence-electron chi connectivity index (χ3n) is 2.21. The van der Waals surface area contributed by atoms with Gasteiger partial charge in [-0.05, 0) is 13.3 Å². The van der Waals surface area contributed by atoms with Gasteiger partial charge >= 0.3 is 0 Å². The van der Waals surface area contributed by atoms with Gasteiger partial charge in [-0.15, -0.1) is 0 Å². The van der Waals surface area contributed by atoms with Crippen LogP contribution < -0.4 is 0 Å². The minimum Gasteiger partial charge on any atom is -0.393 e. The Morgan fingerprint density at radius 1 is 1.31 bits per heavy atom. The number of hydrogen-bond acceptors (Lipinski definition) is 2. The van der Waals surface area contributed by atoms with Crippen LogP contribution in [0.25, 0.3) is 0 Å². The summed E-state index contributed by atoms with van der Waals surface area (Å²) in [5.74, 6) is 0. The van der Waals surface area contributed by atoms with Crippen molar-refractivity contribution < 1.29 is 10.2 Å². The van der Waals surface area contributed by atoms with Crippen LogP contribution in [0.1, 0.15) is 46.0 Å². The molecule has 2 atom stereocenters. The van der Waals surface area contributed by atoms with E-state index in [4.69, 9.17) is 0 Å². The van der Waals surface area contributed by atoms with Crippen LogP contribution in [0.15, 0.2) is 12.2 Å². The molecule has 0 aliphatic heterocycles. The van der Waals surface area contributed by atoms with Crippen LogP contribution >= 0.6 is 0 Å². The fourth-order valence-corrected chi connectivity index (χ4v) is 1.21. The van der Waals surface area contributed by atoms with Crippen molar-refractivity contribution in [1.82, 2.24) is 0 Å². The largest absolute Gasteiger partial charge is 0.393 e. The molecule has 13 heavy (non-hydrogen) atoms. The van der Waals surface area contributed by atoms with Gasteiger partial charge in [0.2, 0.25) is 0 Å². The molecular formula is C11H22O2. The smallest absolute Gasteiger partial charge is 0.0769 e. The van der Waals surface area contributed by atoms with Crippen LogP contribution in [0.2, 0.25) is 0 Å². The molecule has 0 saturated heterocycles. The maximum atomic E-state index is 9.49. The number of rotatable bonds is 7. The average molecular weight is 186 g/mol. The normalized spacial score (nSPS) is 15.4. The van der Waals surface area contributed by atoms with Crippen LogP contribution in [0.4, 0.5) is 0 Å². The summed E-state index contributed by atoms with van der Waals surface area (Å²) in [4.78, 5) is 0. The van der Waals surface area contributed by atoms with Gasteiger partial charge < -0.3 is 10.2 Å². The molecule has 0 unspecified atom stereocenters. The maximum absolute atomic E-state index is 9.49. The fraction of sp³-hybridized carbons (Fsp3) is 0.818. The molecule has 2 N–H and O–H groups in total. The van der Waals surface area contributed by atoms with E-state index in [9.17, 15) is 10.2 Å². The molecule has 0 fully saturated rings. The summed E-state index contributed by atoms with van der Waals surface area (Å²) in [7, 11) is 0. The van der Waals surface area contributed by atoms with Crippen molar-refractivity contribution in [1.29, 1.82) is 0 Å². The van der Waals surface area contributed by atoms with Gasteiger partial charge in [0.05, 0.1) is 12.2 Å². The predicted octanol–water partition coefficient (Wildman–Crippen LogP) is 2.25. The Hall–Kier alpha value is -0.340. The van der Waals surface area contributed by atoms with Gasteiger partial charge in [0.15, 0.2) is 0 Å². The van der Waals surface area contributed by atoms with Crippen molar-refractivity contribution in [2.75, 3.05) is 0 Å². The van der Waals surface area contributed by atoms with E-state index in [1.807, 2.05) is 0 Å². The van der Waals surface area contributed by atoms with E-state index in [1.165, 1.54) is 0 Å². The lowest BCUT2D eigenvalue weighted by molar-refractivity contribution is 0.0911. The monoisotopic (exact) mass is 186 g/mol. The highest BCUT2D eigenvalue weighted by molar-refractivity contribution is 4.97. The molecular weight excluding hydrogens is 164 g/mol. The predicted molar refractivity (Wildman–Crippen MR) is 55.6 cm³/mol. The second-order valence-electron chi connectivity index (χ2n) is 3.75. The highest BCUT2D eigenvalue weighted by atomic mass is 16.3. The molecule has 0 aromatic heterocycles. The van der Waals surface area contributed by atoms with E-state index in [1.54, 1.807) is 6.92 Å². The van der Waals surface area contributed by atoms with E-state index >= 15 is 0 Å². The number of unbranched alkanes of at least 4 members (excludes halogenated alkanes) is 2. The second kappa shape index (κ2) is 7.10. The van der Waals surface area contributed by atoms with E-state index in [-0.39, 0.29) is 6.10 Å². The van der Waals surface area contributed by atoms with E-state index < -0.39 is 6.10 Å². The Bertz CT molecular complexity index is 143. The Kier molecular flexibility index (Phi) is 6.92. The van der Waals surface area contributed by atoms with Crippen molar-refractivity contribution in [2.24, 2.45) is 0 Å². The van der Waals surface area contributed by atoms with Crippen LogP contribution in [-0.2, 0) is 0 Å². The summed E-state index contributed by atoms with van der Waals surface area (Å²) in [6.45, 7) is 7.56. The lowest BCUT2D eigenvalue weighted by atomic mass is 10.0. The molecule has 0 aromatic carbocycles. The Balaban J connectivity index is 3.49. The van der Waals surface area contributed by atoms with Gasteiger partial charge in [-0.3, -0.25) is 0 Å². The summed E-state index contributed by atoms with van der Waals surface area (Å²) < 4.78 is 0. The van der Waals surface area contributed by atoms with E-state index in [2.05, 4.69) is 13.5 Å². The number of aliphatic hydroxyl groups excluding tert-OH is 2. The molecule has 0 aromatic rings. The number of aliphatic hydroxyl groups is 2. The topological polar surface area (TPSA) is 40.5 Å². The zero-order chi connectivity index (χ0) is 10.3. The highest BCUT2D eigenvalue weighted by Crippen LogP contribution is 2.11. The zero-order valence-corrected chi connectivity index (χ0v) is 8.79. The molecule has 0 aliphatic carbocycles. The van der Waals surface area contributed by atoms with Gasteiger partial charge in [0.1, 0.15) is 0 Å². The summed E-state index contributed by atoms with van der Waals surface area (Å²) in [5, 5.41) is 18.9. The van der Waals surface area contributed by atoms with Gasteiger partial charge in [-0.25, -0.2) is 0 Å². The minimum atomic E-state index is -0.545. The molecule has 78 valence electrons. The Labute approximate surface area is 81.3 Å². The molecule has 0 rings (SSSR count). The minimum absolute atomic E-state index is 0.377. The van der Waals surface area contributed by atoms with Gasteiger partial charge in [-0.2, -0.15) is 0 Å². The molecule has 0 bridgehead atoms. The SMILES string of the molecule is C=C(C)[C@@H](O)C[C@@H](O)CCCCC. The molecule has 0 spiro atoms. The lowest BCUT2D eigenvalue weighted by Gasteiger charge is -2.15. The maximum Gasteiger partial charge on any atom is 0.0769 e. The lowest BCUT2D eigenvalue weighted by Crippen LogP contribution is -2.18. The van der Waals surface area contributed by atoms with Gasteiger partial charge in [0, 0.05) is 6.42 Å². The standard InChI is InChI=1S/C11H22O2/c1-4-5-6-7-10(12)8-11(13)9(2)3/h10-13H,2,4-8H2,1,3H3/t10-,11-/m0/s1. The molecule has 2 nitrogen and oxygen atoms in total. The van der Waals surface area contributed by atoms with Crippen LogP contribution in [-0.4, -0.2) is 22.4 Å². The fourth-order valence-electron chi connectivity index (χ4n) is 1.21.